The van der Waals surface area contributed by atoms with Crippen LogP contribution in [0.1, 0.15) is 5.56 Å². The maximum atomic E-state index is 14.0. The van der Waals surface area contributed by atoms with Crippen molar-refractivity contribution in [2.75, 3.05) is 6.61 Å². The van der Waals surface area contributed by atoms with E-state index in [1.807, 2.05) is 54.6 Å². The number of halogens is 2. The molecule has 1 aliphatic heterocycles. The Balaban J connectivity index is 1.40. The third-order valence-corrected chi connectivity index (χ3v) is 5.57. The number of carbonyl (C=O) groups is 1. The van der Waals surface area contributed by atoms with E-state index in [2.05, 4.69) is 4.98 Å². The summed E-state index contributed by atoms with van der Waals surface area (Å²) in [6, 6.07) is 20.9. The van der Waals surface area contributed by atoms with Gasteiger partial charge in [-0.05, 0) is 23.3 Å². The number of carbonyl (C=O) groups excluding carboxylic acids is 1. The third kappa shape index (κ3) is 4.33. The van der Waals surface area contributed by atoms with Crippen molar-refractivity contribution in [1.82, 2.24) is 9.55 Å². The summed E-state index contributed by atoms with van der Waals surface area (Å²) in [5, 5.41) is 0. The van der Waals surface area contributed by atoms with E-state index in [1.54, 1.807) is 23.3 Å². The van der Waals surface area contributed by atoms with Crippen molar-refractivity contribution in [2.24, 2.45) is 0 Å². The minimum absolute atomic E-state index is 0.120. The van der Waals surface area contributed by atoms with Gasteiger partial charge in [-0.2, -0.15) is 4.39 Å². The zero-order valence-corrected chi connectivity index (χ0v) is 17.9. The van der Waals surface area contributed by atoms with Gasteiger partial charge in [0.1, 0.15) is 0 Å². The number of aromatic nitrogens is 2. The molecule has 2 heterocycles. The minimum Gasteiger partial charge on any atom is -0.421 e. The van der Waals surface area contributed by atoms with E-state index in [1.165, 1.54) is 12.1 Å². The number of rotatable bonds is 6. The average molecular weight is 462 g/mol. The SMILES string of the molecule is O=C(Oc1cccc(F)c1F)[C@@H]1CO[C@](Cn2ccnc2)(c2ccc(-c3ccccc3)cc2)O1. The molecule has 1 saturated heterocycles. The lowest BCUT2D eigenvalue weighted by molar-refractivity contribution is -0.193. The number of hydrogen-bond donors (Lipinski definition) is 0. The summed E-state index contributed by atoms with van der Waals surface area (Å²) < 4.78 is 46.4. The normalized spacial score (nSPS) is 19.8. The van der Waals surface area contributed by atoms with Gasteiger partial charge in [-0.1, -0.05) is 60.7 Å². The van der Waals surface area contributed by atoms with Gasteiger partial charge in [-0.15, -0.1) is 0 Å². The molecule has 4 aromatic rings. The van der Waals surface area contributed by atoms with E-state index in [4.69, 9.17) is 14.2 Å². The highest BCUT2D eigenvalue weighted by molar-refractivity contribution is 5.77. The number of ether oxygens (including phenoxy) is 3. The minimum atomic E-state index is -1.31. The molecular formula is C26H20F2N2O4. The Labute approximate surface area is 194 Å². The molecule has 0 spiro atoms. The Morgan fingerprint density at radius 3 is 2.53 bits per heavy atom. The van der Waals surface area contributed by atoms with Crippen molar-refractivity contribution in [3.05, 3.63) is 109 Å². The second-order valence-corrected chi connectivity index (χ2v) is 7.82. The van der Waals surface area contributed by atoms with Gasteiger partial charge in [-0.3, -0.25) is 0 Å². The van der Waals surface area contributed by atoms with Gasteiger partial charge in [0.15, 0.2) is 17.7 Å². The Morgan fingerprint density at radius 2 is 1.79 bits per heavy atom. The van der Waals surface area contributed by atoms with Crippen LogP contribution < -0.4 is 4.74 Å². The van der Waals surface area contributed by atoms with Crippen LogP contribution in [-0.4, -0.2) is 28.2 Å². The smallest absolute Gasteiger partial charge is 0.343 e. The van der Waals surface area contributed by atoms with E-state index >= 15 is 0 Å². The molecule has 1 aromatic heterocycles. The molecule has 0 bridgehead atoms. The van der Waals surface area contributed by atoms with E-state index in [-0.39, 0.29) is 13.2 Å². The monoisotopic (exact) mass is 462 g/mol. The van der Waals surface area contributed by atoms with Gasteiger partial charge in [0.2, 0.25) is 11.6 Å². The van der Waals surface area contributed by atoms with E-state index in [0.717, 1.165) is 17.2 Å². The molecule has 0 radical (unpaired) electrons. The van der Waals surface area contributed by atoms with Gasteiger partial charge >= 0.3 is 5.97 Å². The molecule has 1 aliphatic rings. The first kappa shape index (κ1) is 21.9. The maximum Gasteiger partial charge on any atom is 0.343 e. The molecule has 0 aliphatic carbocycles. The number of esters is 1. The summed E-state index contributed by atoms with van der Waals surface area (Å²) in [7, 11) is 0. The zero-order valence-electron chi connectivity index (χ0n) is 17.9. The molecule has 0 N–H and O–H groups in total. The molecule has 0 saturated carbocycles. The van der Waals surface area contributed by atoms with Crippen molar-refractivity contribution < 1.29 is 27.8 Å². The summed E-state index contributed by atoms with van der Waals surface area (Å²) in [5.74, 6) is -5.04. The Kier molecular flexibility index (Phi) is 5.91. The number of imidazole rings is 1. The predicted octanol–water partition coefficient (Wildman–Crippen LogP) is 4.70. The van der Waals surface area contributed by atoms with Gasteiger partial charge < -0.3 is 18.8 Å². The fraction of sp³-hybridized carbons (Fsp3) is 0.154. The maximum absolute atomic E-state index is 14.0. The van der Waals surface area contributed by atoms with Crippen molar-refractivity contribution in [3.63, 3.8) is 0 Å². The standard InChI is InChI=1S/C26H20F2N2O4/c27-21-7-4-8-22(24(21)28)33-25(31)23-15-32-26(34-23,16-30-14-13-29-17-30)20-11-9-19(10-12-20)18-5-2-1-3-6-18/h1-14,17,23H,15-16H2/t23-,26-/m0/s1. The summed E-state index contributed by atoms with van der Waals surface area (Å²) in [5.41, 5.74) is 2.76. The second kappa shape index (κ2) is 9.17. The lowest BCUT2D eigenvalue weighted by atomic mass is 10.00. The Bertz CT molecular complexity index is 1280. The van der Waals surface area contributed by atoms with Crippen LogP contribution in [0, 0.1) is 11.6 Å². The first-order chi connectivity index (χ1) is 16.5. The average Bonchev–Trinajstić information content (AvgIpc) is 3.54. The molecule has 1 fully saturated rings. The lowest BCUT2D eigenvalue weighted by Gasteiger charge is -2.29. The quantitative estimate of drug-likeness (QED) is 0.307. The number of benzene rings is 3. The highest BCUT2D eigenvalue weighted by Crippen LogP contribution is 2.37. The highest BCUT2D eigenvalue weighted by Gasteiger charge is 2.47. The van der Waals surface area contributed by atoms with Crippen molar-refractivity contribution >= 4 is 5.97 Å². The molecule has 0 unspecified atom stereocenters. The van der Waals surface area contributed by atoms with E-state index in [0.29, 0.717) is 5.56 Å². The number of hydrogen-bond acceptors (Lipinski definition) is 5. The summed E-state index contributed by atoms with van der Waals surface area (Å²) in [6.07, 6.45) is 3.85. The molecule has 6 nitrogen and oxygen atoms in total. The molecule has 3 aromatic carbocycles. The molecule has 5 rings (SSSR count). The van der Waals surface area contributed by atoms with Crippen LogP contribution in [-0.2, 0) is 26.6 Å². The Morgan fingerprint density at radius 1 is 1.03 bits per heavy atom. The fourth-order valence-corrected chi connectivity index (χ4v) is 3.85. The first-order valence-corrected chi connectivity index (χ1v) is 10.6. The van der Waals surface area contributed by atoms with Crippen LogP contribution in [0.2, 0.25) is 0 Å². The van der Waals surface area contributed by atoms with Gasteiger partial charge in [0.25, 0.3) is 0 Å². The fourth-order valence-electron chi connectivity index (χ4n) is 3.85. The van der Waals surface area contributed by atoms with E-state index in [9.17, 15) is 13.6 Å². The molecule has 0 amide bonds. The zero-order chi connectivity index (χ0) is 23.5. The van der Waals surface area contributed by atoms with Gasteiger partial charge in [-0.25, -0.2) is 14.2 Å². The molecule has 2 atom stereocenters. The van der Waals surface area contributed by atoms with E-state index < -0.39 is 35.2 Å². The molecule has 8 heteroatoms. The van der Waals surface area contributed by atoms with Crippen LogP contribution in [0.3, 0.4) is 0 Å². The van der Waals surface area contributed by atoms with Crippen LogP contribution in [0.4, 0.5) is 8.78 Å². The third-order valence-electron chi connectivity index (χ3n) is 5.57. The van der Waals surface area contributed by atoms with Crippen LogP contribution in [0.5, 0.6) is 5.75 Å². The first-order valence-electron chi connectivity index (χ1n) is 10.6. The van der Waals surface area contributed by atoms with Crippen molar-refractivity contribution in [3.8, 4) is 16.9 Å². The Hall–Kier alpha value is -3.88. The van der Waals surface area contributed by atoms with Crippen molar-refractivity contribution in [2.45, 2.75) is 18.4 Å². The summed E-state index contributed by atoms with van der Waals surface area (Å²) in [4.78, 5) is 16.8. The molecular weight excluding hydrogens is 442 g/mol. The topological polar surface area (TPSA) is 62.6 Å². The molecule has 172 valence electrons. The van der Waals surface area contributed by atoms with Crippen LogP contribution in [0.25, 0.3) is 11.1 Å². The van der Waals surface area contributed by atoms with Crippen molar-refractivity contribution in [1.29, 1.82) is 0 Å². The highest BCUT2D eigenvalue weighted by atomic mass is 19.2. The number of nitrogens with zero attached hydrogens (tertiary/aromatic N) is 2. The molecule has 34 heavy (non-hydrogen) atoms. The van der Waals surface area contributed by atoms with Crippen LogP contribution in [0.15, 0.2) is 91.5 Å². The van der Waals surface area contributed by atoms with Gasteiger partial charge in [0, 0.05) is 18.0 Å². The second-order valence-electron chi connectivity index (χ2n) is 7.82. The predicted molar refractivity (Wildman–Crippen MR) is 119 cm³/mol. The van der Waals surface area contributed by atoms with Gasteiger partial charge in [0.05, 0.1) is 19.5 Å². The summed E-state index contributed by atoms with van der Waals surface area (Å²) >= 11 is 0. The lowest BCUT2D eigenvalue weighted by Crippen LogP contribution is -2.35. The summed E-state index contributed by atoms with van der Waals surface area (Å²) in [6.45, 7) is 0.0979. The largest absolute Gasteiger partial charge is 0.421 e. The van der Waals surface area contributed by atoms with Crippen LogP contribution >= 0.6 is 0 Å².